The van der Waals surface area contributed by atoms with E-state index in [-0.39, 0.29) is 6.10 Å². The van der Waals surface area contributed by atoms with Gasteiger partial charge < -0.3 is 9.84 Å². The molecule has 0 radical (unpaired) electrons. The molecule has 0 aromatic rings. The summed E-state index contributed by atoms with van der Waals surface area (Å²) in [4.78, 5) is 0. The average Bonchev–Trinajstić information content (AvgIpc) is 2.16. The predicted octanol–water partition coefficient (Wildman–Crippen LogP) is 3.67. The molecule has 3 atom stereocenters. The van der Waals surface area contributed by atoms with E-state index in [1.807, 2.05) is 6.92 Å². The number of hydrogen-bond acceptors (Lipinski definition) is 2. The zero-order valence-electron chi connectivity index (χ0n) is 11.2. The van der Waals surface area contributed by atoms with Crippen molar-refractivity contribution in [1.29, 1.82) is 0 Å². The lowest BCUT2D eigenvalue weighted by Crippen LogP contribution is -2.20. The van der Waals surface area contributed by atoms with E-state index in [9.17, 15) is 5.11 Å². The van der Waals surface area contributed by atoms with Crippen LogP contribution in [0, 0.1) is 5.92 Å². The van der Waals surface area contributed by atoms with Crippen LogP contribution in [0.5, 0.6) is 0 Å². The first-order valence-corrected chi connectivity index (χ1v) is 6.07. The summed E-state index contributed by atoms with van der Waals surface area (Å²) in [6.07, 6.45) is 7.70. The minimum absolute atomic E-state index is 0.138. The number of aliphatic hydroxyl groups is 1. The van der Waals surface area contributed by atoms with E-state index in [1.54, 1.807) is 13.2 Å². The van der Waals surface area contributed by atoms with Gasteiger partial charge in [0.1, 0.15) is 6.10 Å². The summed E-state index contributed by atoms with van der Waals surface area (Å²) in [7, 11) is 0. The van der Waals surface area contributed by atoms with E-state index >= 15 is 0 Å². The van der Waals surface area contributed by atoms with Gasteiger partial charge in [-0.15, -0.1) is 0 Å². The lowest BCUT2D eigenvalue weighted by atomic mass is 10.1. The van der Waals surface area contributed by atoms with Gasteiger partial charge in [0, 0.05) is 0 Å². The topological polar surface area (TPSA) is 29.5 Å². The molecular formula is C14H26O2. The van der Waals surface area contributed by atoms with Crippen LogP contribution in [0.25, 0.3) is 0 Å². The molecule has 0 fully saturated rings. The first-order valence-electron chi connectivity index (χ1n) is 6.07. The van der Waals surface area contributed by atoms with E-state index in [1.165, 1.54) is 5.57 Å². The minimum atomic E-state index is -0.425. The Balaban J connectivity index is 3.74. The molecule has 0 amide bonds. The highest BCUT2D eigenvalue weighted by molar-refractivity contribution is 4.94. The fraction of sp³-hybridized carbons (Fsp3) is 0.714. The Morgan fingerprint density at radius 3 is 2.38 bits per heavy atom. The van der Waals surface area contributed by atoms with Crippen LogP contribution in [-0.4, -0.2) is 17.3 Å². The van der Waals surface area contributed by atoms with Crippen molar-refractivity contribution < 1.29 is 9.84 Å². The van der Waals surface area contributed by atoms with Gasteiger partial charge in [0.05, 0.1) is 12.4 Å². The Morgan fingerprint density at radius 2 is 1.88 bits per heavy atom. The standard InChI is InChI=1S/C14H26O2/c1-11(2)7-6-8-12(3)9-10-16-14(5)13(4)15/h7,9-10,12-15H,6,8H2,1-5H3/b10-9-/t12-,13-,14-/m1/s1. The van der Waals surface area contributed by atoms with Crippen LogP contribution in [0.15, 0.2) is 24.0 Å². The maximum atomic E-state index is 9.22. The maximum absolute atomic E-state index is 9.22. The molecule has 2 heteroatoms. The van der Waals surface area contributed by atoms with Crippen LogP contribution in [0.3, 0.4) is 0 Å². The summed E-state index contributed by atoms with van der Waals surface area (Å²) >= 11 is 0. The molecule has 1 N–H and O–H groups in total. The van der Waals surface area contributed by atoms with Gasteiger partial charge in [-0.05, 0) is 52.5 Å². The zero-order chi connectivity index (χ0) is 12.6. The number of allylic oxidation sites excluding steroid dienone is 3. The summed E-state index contributed by atoms with van der Waals surface area (Å²) in [6, 6.07) is 0. The molecule has 0 rings (SSSR count). The van der Waals surface area contributed by atoms with Crippen molar-refractivity contribution in [3.63, 3.8) is 0 Å². The fourth-order valence-electron chi connectivity index (χ4n) is 1.15. The van der Waals surface area contributed by atoms with Gasteiger partial charge in [-0.2, -0.15) is 0 Å². The van der Waals surface area contributed by atoms with Crippen LogP contribution in [0.1, 0.15) is 47.5 Å². The molecule has 0 heterocycles. The predicted molar refractivity (Wildman–Crippen MR) is 69.2 cm³/mol. The first kappa shape index (κ1) is 15.2. The molecule has 0 aliphatic heterocycles. The molecule has 0 aromatic carbocycles. The molecule has 0 aromatic heterocycles. The van der Waals surface area contributed by atoms with Gasteiger partial charge in [-0.1, -0.05) is 18.6 Å². The minimum Gasteiger partial charge on any atom is -0.496 e. The maximum Gasteiger partial charge on any atom is 0.120 e. The third kappa shape index (κ3) is 8.54. The van der Waals surface area contributed by atoms with Crippen LogP contribution in [0.2, 0.25) is 0 Å². The molecule has 94 valence electrons. The van der Waals surface area contributed by atoms with Gasteiger partial charge >= 0.3 is 0 Å². The van der Waals surface area contributed by atoms with E-state index in [2.05, 4.69) is 32.9 Å². The van der Waals surface area contributed by atoms with Crippen LogP contribution in [-0.2, 0) is 4.74 Å². The highest BCUT2D eigenvalue weighted by Gasteiger charge is 2.06. The number of ether oxygens (including phenoxy) is 1. The lowest BCUT2D eigenvalue weighted by molar-refractivity contribution is 0.0313. The lowest BCUT2D eigenvalue weighted by Gasteiger charge is -2.14. The highest BCUT2D eigenvalue weighted by atomic mass is 16.5. The van der Waals surface area contributed by atoms with Crippen LogP contribution in [0.4, 0.5) is 0 Å². The van der Waals surface area contributed by atoms with Gasteiger partial charge in [-0.3, -0.25) is 0 Å². The molecule has 16 heavy (non-hydrogen) atoms. The van der Waals surface area contributed by atoms with Gasteiger partial charge in [-0.25, -0.2) is 0 Å². The Hall–Kier alpha value is -0.760. The number of rotatable bonds is 7. The molecule has 0 unspecified atom stereocenters. The molecule has 0 aliphatic rings. The summed E-state index contributed by atoms with van der Waals surface area (Å²) in [6.45, 7) is 10.0. The number of hydrogen-bond donors (Lipinski definition) is 1. The Kier molecular flexibility index (Phi) is 8.00. The second-order valence-corrected chi connectivity index (χ2v) is 4.75. The molecule has 0 aliphatic carbocycles. The second-order valence-electron chi connectivity index (χ2n) is 4.75. The SMILES string of the molecule is CC(C)=CCC[C@@H](C)/C=C\O[C@H](C)[C@@H](C)O. The number of aliphatic hydroxyl groups excluding tert-OH is 1. The van der Waals surface area contributed by atoms with Crippen LogP contribution < -0.4 is 0 Å². The van der Waals surface area contributed by atoms with Crippen LogP contribution >= 0.6 is 0 Å². The monoisotopic (exact) mass is 226 g/mol. The highest BCUT2D eigenvalue weighted by Crippen LogP contribution is 2.10. The van der Waals surface area contributed by atoms with E-state index in [0.717, 1.165) is 12.8 Å². The van der Waals surface area contributed by atoms with Crippen molar-refractivity contribution in [2.24, 2.45) is 5.92 Å². The fourth-order valence-corrected chi connectivity index (χ4v) is 1.15. The van der Waals surface area contributed by atoms with E-state index < -0.39 is 6.10 Å². The van der Waals surface area contributed by atoms with Crippen molar-refractivity contribution in [3.8, 4) is 0 Å². The molecule has 0 saturated carbocycles. The third-order valence-corrected chi connectivity index (χ3v) is 2.55. The Bertz CT molecular complexity index is 225. The molecule has 0 bridgehead atoms. The third-order valence-electron chi connectivity index (χ3n) is 2.55. The summed E-state index contributed by atoms with van der Waals surface area (Å²) in [5, 5.41) is 9.22. The molecule has 0 saturated heterocycles. The molecule has 2 nitrogen and oxygen atoms in total. The van der Waals surface area contributed by atoms with Gasteiger partial charge in [0.25, 0.3) is 0 Å². The Labute approximate surface area is 100 Å². The van der Waals surface area contributed by atoms with Crippen molar-refractivity contribution in [2.75, 3.05) is 0 Å². The molecule has 0 spiro atoms. The van der Waals surface area contributed by atoms with Gasteiger partial charge in [0.15, 0.2) is 0 Å². The smallest absolute Gasteiger partial charge is 0.120 e. The van der Waals surface area contributed by atoms with E-state index in [0.29, 0.717) is 5.92 Å². The summed E-state index contributed by atoms with van der Waals surface area (Å²) < 4.78 is 5.36. The van der Waals surface area contributed by atoms with Crippen molar-refractivity contribution in [3.05, 3.63) is 24.0 Å². The normalized spacial score (nSPS) is 16.9. The van der Waals surface area contributed by atoms with Gasteiger partial charge in [0.2, 0.25) is 0 Å². The van der Waals surface area contributed by atoms with Crippen molar-refractivity contribution >= 4 is 0 Å². The first-order chi connectivity index (χ1) is 7.43. The van der Waals surface area contributed by atoms with E-state index in [4.69, 9.17) is 4.74 Å². The quantitative estimate of drug-likeness (QED) is 0.530. The summed E-state index contributed by atoms with van der Waals surface area (Å²) in [5.41, 5.74) is 1.37. The average molecular weight is 226 g/mol. The molecular weight excluding hydrogens is 200 g/mol. The second kappa shape index (κ2) is 8.40. The largest absolute Gasteiger partial charge is 0.496 e. The Morgan fingerprint density at radius 1 is 1.25 bits per heavy atom. The summed E-state index contributed by atoms with van der Waals surface area (Å²) in [5.74, 6) is 0.511. The van der Waals surface area contributed by atoms with Crippen molar-refractivity contribution in [2.45, 2.75) is 59.7 Å². The van der Waals surface area contributed by atoms with Crippen molar-refractivity contribution in [1.82, 2.24) is 0 Å². The zero-order valence-corrected chi connectivity index (χ0v) is 11.2.